The number of carbonyl (C=O) groups is 2. The third-order valence-electron chi connectivity index (χ3n) is 4.87. The Morgan fingerprint density at radius 2 is 1.25 bits per heavy atom. The molecule has 0 fully saturated rings. The third-order valence-corrected chi connectivity index (χ3v) is 4.87. The SMILES string of the molecule is CC(C)C[C@@H]1NCc2cccc(c2)CN[C@@H](CC(C)C)C(=O)NCCNC1=O. The van der Waals surface area contributed by atoms with E-state index in [9.17, 15) is 9.59 Å². The Balaban J connectivity index is 2.16. The molecule has 2 bridgehead atoms. The lowest BCUT2D eigenvalue weighted by molar-refractivity contribution is -0.125. The van der Waals surface area contributed by atoms with Gasteiger partial charge in [-0.15, -0.1) is 0 Å². The first-order valence-corrected chi connectivity index (χ1v) is 10.4. The van der Waals surface area contributed by atoms with Crippen LogP contribution in [0, 0.1) is 11.8 Å². The summed E-state index contributed by atoms with van der Waals surface area (Å²) in [6, 6.07) is 7.82. The first-order valence-electron chi connectivity index (χ1n) is 10.4. The van der Waals surface area contributed by atoms with Crippen LogP contribution < -0.4 is 21.3 Å². The molecule has 28 heavy (non-hydrogen) atoms. The fraction of sp³-hybridized carbons (Fsp3) is 0.636. The molecule has 0 aliphatic carbocycles. The molecule has 0 saturated heterocycles. The molecule has 0 saturated carbocycles. The quantitative estimate of drug-likeness (QED) is 0.635. The Morgan fingerprint density at radius 3 is 1.64 bits per heavy atom. The molecular weight excluding hydrogens is 352 g/mol. The number of hydrogen-bond donors (Lipinski definition) is 4. The molecule has 6 nitrogen and oxygen atoms in total. The molecule has 2 atom stereocenters. The summed E-state index contributed by atoms with van der Waals surface area (Å²) in [5.74, 6) is 0.811. The second-order valence-electron chi connectivity index (χ2n) is 8.53. The lowest BCUT2D eigenvalue weighted by atomic mass is 10.0. The maximum atomic E-state index is 12.6. The summed E-state index contributed by atoms with van der Waals surface area (Å²) in [6.45, 7) is 10.6. The van der Waals surface area contributed by atoms with Gasteiger partial charge >= 0.3 is 0 Å². The van der Waals surface area contributed by atoms with E-state index in [0.29, 0.717) is 38.0 Å². The van der Waals surface area contributed by atoms with E-state index in [1.54, 1.807) is 0 Å². The molecule has 4 N–H and O–H groups in total. The van der Waals surface area contributed by atoms with Crippen LogP contribution >= 0.6 is 0 Å². The van der Waals surface area contributed by atoms with E-state index in [1.165, 1.54) is 0 Å². The number of benzene rings is 1. The zero-order valence-electron chi connectivity index (χ0n) is 17.7. The van der Waals surface area contributed by atoms with E-state index in [4.69, 9.17) is 0 Å². The summed E-state index contributed by atoms with van der Waals surface area (Å²) in [7, 11) is 0. The van der Waals surface area contributed by atoms with Gasteiger partial charge < -0.3 is 21.3 Å². The highest BCUT2D eigenvalue weighted by atomic mass is 16.2. The smallest absolute Gasteiger partial charge is 0.237 e. The summed E-state index contributed by atoms with van der Waals surface area (Å²) in [4.78, 5) is 25.2. The van der Waals surface area contributed by atoms with Gasteiger partial charge in [0.15, 0.2) is 0 Å². The minimum atomic E-state index is -0.240. The van der Waals surface area contributed by atoms with Crippen LogP contribution in [0.5, 0.6) is 0 Å². The third kappa shape index (κ3) is 7.60. The van der Waals surface area contributed by atoms with Gasteiger partial charge in [-0.05, 0) is 35.8 Å². The van der Waals surface area contributed by atoms with E-state index >= 15 is 0 Å². The Morgan fingerprint density at radius 1 is 0.821 bits per heavy atom. The fourth-order valence-corrected chi connectivity index (χ4v) is 3.46. The Hall–Kier alpha value is -1.92. The van der Waals surface area contributed by atoms with Crippen molar-refractivity contribution in [1.82, 2.24) is 21.3 Å². The summed E-state index contributed by atoms with van der Waals surface area (Å²) in [6.07, 6.45) is 1.55. The van der Waals surface area contributed by atoms with Gasteiger partial charge in [-0.3, -0.25) is 9.59 Å². The zero-order valence-corrected chi connectivity index (χ0v) is 17.7. The second kappa shape index (κ2) is 11.2. The van der Waals surface area contributed by atoms with Gasteiger partial charge in [-0.2, -0.15) is 0 Å². The summed E-state index contributed by atoms with van der Waals surface area (Å²) >= 11 is 0. The van der Waals surface area contributed by atoms with Crippen LogP contribution in [0.2, 0.25) is 0 Å². The highest BCUT2D eigenvalue weighted by Crippen LogP contribution is 2.11. The van der Waals surface area contributed by atoms with Gasteiger partial charge in [0.25, 0.3) is 0 Å². The predicted octanol–water partition coefficient (Wildman–Crippen LogP) is 1.94. The molecule has 156 valence electrons. The second-order valence-corrected chi connectivity index (χ2v) is 8.53. The average molecular weight is 389 g/mol. The summed E-state index contributed by atoms with van der Waals surface area (Å²) in [5.41, 5.74) is 2.28. The molecule has 1 aromatic rings. The van der Waals surface area contributed by atoms with Crippen molar-refractivity contribution in [2.75, 3.05) is 13.1 Å². The van der Waals surface area contributed by atoms with Crippen molar-refractivity contribution in [3.8, 4) is 0 Å². The van der Waals surface area contributed by atoms with Crippen LogP contribution in [0.25, 0.3) is 0 Å². The van der Waals surface area contributed by atoms with Gasteiger partial charge in [-0.1, -0.05) is 52.0 Å². The van der Waals surface area contributed by atoms with Crippen LogP contribution in [0.4, 0.5) is 0 Å². The molecule has 6 heteroatoms. The summed E-state index contributed by atoms with van der Waals surface area (Å²) in [5, 5.41) is 12.7. The normalized spacial score (nSPS) is 22.4. The number of hydrogen-bond acceptors (Lipinski definition) is 4. The number of amides is 2. The number of nitrogens with one attached hydrogen (secondary N) is 4. The van der Waals surface area contributed by atoms with Gasteiger partial charge in [0.05, 0.1) is 12.1 Å². The number of rotatable bonds is 4. The van der Waals surface area contributed by atoms with Crippen LogP contribution in [-0.4, -0.2) is 37.0 Å². The highest BCUT2D eigenvalue weighted by Gasteiger charge is 2.21. The van der Waals surface area contributed by atoms with Gasteiger partial charge in [-0.25, -0.2) is 0 Å². The van der Waals surface area contributed by atoms with Crippen molar-refractivity contribution in [2.24, 2.45) is 11.8 Å². The standard InChI is InChI=1S/C22H36N4O2/c1-15(2)10-19-21(27)23-8-9-24-22(28)20(11-16(3)4)26-14-18-7-5-6-17(12-18)13-25-19/h5-7,12,15-16,19-20,25-26H,8-11,13-14H2,1-4H3,(H,23,27)(H,24,28)/t19-,20-/m0/s1. The molecule has 1 heterocycles. The van der Waals surface area contributed by atoms with Crippen molar-refractivity contribution in [1.29, 1.82) is 0 Å². The van der Waals surface area contributed by atoms with Crippen LogP contribution in [-0.2, 0) is 22.7 Å². The maximum Gasteiger partial charge on any atom is 0.237 e. The lowest BCUT2D eigenvalue weighted by Crippen LogP contribution is -2.48. The topological polar surface area (TPSA) is 82.3 Å². The van der Waals surface area contributed by atoms with Crippen molar-refractivity contribution < 1.29 is 9.59 Å². The van der Waals surface area contributed by atoms with Gasteiger partial charge in [0.2, 0.25) is 11.8 Å². The van der Waals surface area contributed by atoms with E-state index in [0.717, 1.165) is 24.0 Å². The van der Waals surface area contributed by atoms with Crippen LogP contribution in [0.1, 0.15) is 51.7 Å². The lowest BCUT2D eigenvalue weighted by Gasteiger charge is -2.21. The number of fused-ring (bicyclic) bond motifs is 2. The van der Waals surface area contributed by atoms with E-state index in [1.807, 2.05) is 6.07 Å². The van der Waals surface area contributed by atoms with Crippen LogP contribution in [0.15, 0.2) is 24.3 Å². The van der Waals surface area contributed by atoms with Gasteiger partial charge in [0, 0.05) is 26.2 Å². The van der Waals surface area contributed by atoms with Crippen molar-refractivity contribution in [3.05, 3.63) is 35.4 Å². The van der Waals surface area contributed by atoms with Crippen LogP contribution in [0.3, 0.4) is 0 Å². The minimum absolute atomic E-state index is 0.00849. The van der Waals surface area contributed by atoms with Gasteiger partial charge in [0.1, 0.15) is 0 Å². The molecule has 2 rings (SSSR count). The Bertz CT molecular complexity index is 594. The predicted molar refractivity (Wildman–Crippen MR) is 113 cm³/mol. The largest absolute Gasteiger partial charge is 0.353 e. The molecule has 2 amide bonds. The highest BCUT2D eigenvalue weighted by molar-refractivity contribution is 5.83. The van der Waals surface area contributed by atoms with E-state index < -0.39 is 0 Å². The molecule has 0 radical (unpaired) electrons. The summed E-state index contributed by atoms with van der Waals surface area (Å²) < 4.78 is 0. The molecule has 0 spiro atoms. The fourth-order valence-electron chi connectivity index (χ4n) is 3.46. The van der Waals surface area contributed by atoms with Crippen molar-refractivity contribution in [2.45, 2.75) is 65.7 Å². The number of carbonyl (C=O) groups excluding carboxylic acids is 2. The molecular formula is C22H36N4O2. The zero-order chi connectivity index (χ0) is 20.5. The first-order chi connectivity index (χ1) is 13.3. The minimum Gasteiger partial charge on any atom is -0.353 e. The Labute approximate surface area is 169 Å². The molecule has 1 aromatic carbocycles. The Kier molecular flexibility index (Phi) is 8.93. The molecule has 0 unspecified atom stereocenters. The van der Waals surface area contributed by atoms with Crippen molar-refractivity contribution >= 4 is 11.8 Å². The molecule has 1 aliphatic rings. The van der Waals surface area contributed by atoms with E-state index in [-0.39, 0.29) is 23.9 Å². The average Bonchev–Trinajstić information content (AvgIpc) is 2.64. The first kappa shape index (κ1) is 22.4. The van der Waals surface area contributed by atoms with Crippen molar-refractivity contribution in [3.63, 3.8) is 0 Å². The van der Waals surface area contributed by atoms with E-state index in [2.05, 4.69) is 67.2 Å². The monoisotopic (exact) mass is 388 g/mol. The maximum absolute atomic E-state index is 12.6. The molecule has 1 aliphatic heterocycles. The molecule has 0 aromatic heterocycles.